The van der Waals surface area contributed by atoms with E-state index in [-0.39, 0.29) is 17.7 Å². The van der Waals surface area contributed by atoms with Crippen molar-refractivity contribution in [2.75, 3.05) is 0 Å². The molecule has 0 bridgehead atoms. The first-order chi connectivity index (χ1) is 9.81. The van der Waals surface area contributed by atoms with Gasteiger partial charge in [0, 0.05) is 0 Å². The quantitative estimate of drug-likeness (QED) is 0.870. The summed E-state index contributed by atoms with van der Waals surface area (Å²) in [5.41, 5.74) is 0.0379. The number of hydrogen-bond donors (Lipinski definition) is 1. The smallest absolute Gasteiger partial charge is 0.425 e. The van der Waals surface area contributed by atoms with Gasteiger partial charge in [0.15, 0.2) is 6.10 Å². The highest BCUT2D eigenvalue weighted by Crippen LogP contribution is 2.27. The lowest BCUT2D eigenvalue weighted by Gasteiger charge is -2.19. The Morgan fingerprint density at radius 1 is 1.19 bits per heavy atom. The molecule has 0 fully saturated rings. The summed E-state index contributed by atoms with van der Waals surface area (Å²) in [5.74, 6) is -0.949. The molecular weight excluding hydrogens is 285 g/mol. The van der Waals surface area contributed by atoms with E-state index < -0.39 is 18.2 Å². The zero-order chi connectivity index (χ0) is 15.6. The number of carbonyl (C=O) groups excluding carboxylic acids is 1. The van der Waals surface area contributed by atoms with Gasteiger partial charge >= 0.3 is 12.1 Å². The van der Waals surface area contributed by atoms with Crippen LogP contribution in [-0.4, -0.2) is 23.4 Å². The van der Waals surface area contributed by atoms with Crippen molar-refractivity contribution in [1.29, 1.82) is 0 Å². The van der Waals surface area contributed by atoms with Gasteiger partial charge < -0.3 is 9.84 Å². The Labute approximate surface area is 119 Å². The molecule has 1 atom stereocenters. The van der Waals surface area contributed by atoms with Crippen molar-refractivity contribution in [2.45, 2.75) is 25.6 Å². The molecule has 1 unspecified atom stereocenters. The molecule has 0 spiro atoms. The highest BCUT2D eigenvalue weighted by molar-refractivity contribution is 5.95. The van der Waals surface area contributed by atoms with Crippen molar-refractivity contribution < 1.29 is 27.8 Å². The van der Waals surface area contributed by atoms with Crippen molar-refractivity contribution in [3.63, 3.8) is 0 Å². The van der Waals surface area contributed by atoms with Gasteiger partial charge in [-0.25, -0.2) is 4.79 Å². The summed E-state index contributed by atoms with van der Waals surface area (Å²) in [7, 11) is 0. The van der Waals surface area contributed by atoms with E-state index in [0.717, 1.165) is 0 Å². The van der Waals surface area contributed by atoms with Gasteiger partial charge in [-0.2, -0.15) is 13.2 Å². The van der Waals surface area contributed by atoms with Crippen molar-refractivity contribution in [3.05, 3.63) is 42.0 Å². The third-order valence-corrected chi connectivity index (χ3v) is 3.04. The number of hydrogen-bond acceptors (Lipinski definition) is 3. The molecule has 0 aliphatic rings. The molecule has 0 amide bonds. The van der Waals surface area contributed by atoms with E-state index in [9.17, 15) is 23.1 Å². The summed E-state index contributed by atoms with van der Waals surface area (Å²) in [5, 5.41) is 10.6. The molecule has 112 valence electrons. The third-order valence-electron chi connectivity index (χ3n) is 3.04. The Balaban J connectivity index is 2.25. The molecule has 0 heterocycles. The van der Waals surface area contributed by atoms with Gasteiger partial charge in [0.25, 0.3) is 0 Å². The lowest BCUT2D eigenvalue weighted by molar-refractivity contribution is -0.204. The largest absolute Gasteiger partial charge is 0.508 e. The number of phenolic OH excluding ortho intramolecular Hbond substituents is 1. The van der Waals surface area contributed by atoms with E-state index in [0.29, 0.717) is 10.8 Å². The number of halogens is 3. The van der Waals surface area contributed by atoms with Crippen LogP contribution in [0.25, 0.3) is 10.8 Å². The van der Waals surface area contributed by atoms with E-state index in [1.54, 1.807) is 12.1 Å². The number of rotatable bonds is 3. The average Bonchev–Trinajstić information content (AvgIpc) is 2.42. The predicted molar refractivity (Wildman–Crippen MR) is 71.2 cm³/mol. The van der Waals surface area contributed by atoms with E-state index in [1.807, 2.05) is 0 Å². The van der Waals surface area contributed by atoms with E-state index in [1.165, 1.54) is 31.2 Å². The molecule has 2 aromatic rings. The van der Waals surface area contributed by atoms with Gasteiger partial charge in [0.05, 0.1) is 5.56 Å². The molecule has 0 radical (unpaired) electrons. The highest BCUT2D eigenvalue weighted by Gasteiger charge is 2.41. The van der Waals surface area contributed by atoms with Crippen LogP contribution in [0.1, 0.15) is 23.7 Å². The van der Waals surface area contributed by atoms with Crippen LogP contribution in [-0.2, 0) is 4.74 Å². The lowest BCUT2D eigenvalue weighted by atomic mass is 10.1. The second-order valence-corrected chi connectivity index (χ2v) is 4.59. The van der Waals surface area contributed by atoms with Crippen LogP contribution in [0.5, 0.6) is 5.75 Å². The minimum absolute atomic E-state index is 0.0379. The topological polar surface area (TPSA) is 46.5 Å². The summed E-state index contributed by atoms with van der Waals surface area (Å²) in [6.45, 7) is 1.30. The molecule has 0 saturated heterocycles. The molecular formula is C15H13F3O3. The molecule has 0 aliphatic carbocycles. The standard InChI is InChI=1S/C15H13F3O3/c1-2-13(15(16,17)18)21-14(20)11-4-3-10-8-12(19)6-5-9(10)7-11/h3-8,13,19H,2H2,1H3. The molecule has 0 aliphatic heterocycles. The number of ether oxygens (including phenoxy) is 1. The summed E-state index contributed by atoms with van der Waals surface area (Å²) in [6.07, 6.45) is -7.02. The molecule has 0 aromatic heterocycles. The summed E-state index contributed by atoms with van der Waals surface area (Å²) in [4.78, 5) is 11.8. The fraction of sp³-hybridized carbons (Fsp3) is 0.267. The zero-order valence-corrected chi connectivity index (χ0v) is 11.1. The second kappa shape index (κ2) is 5.63. The molecule has 1 N–H and O–H groups in total. The maximum absolute atomic E-state index is 12.6. The molecule has 2 rings (SSSR count). The normalized spacial score (nSPS) is 13.1. The van der Waals surface area contributed by atoms with Gasteiger partial charge in [0.1, 0.15) is 5.75 Å². The van der Waals surface area contributed by atoms with Gasteiger partial charge in [-0.05, 0) is 41.5 Å². The van der Waals surface area contributed by atoms with Crippen molar-refractivity contribution in [3.8, 4) is 5.75 Å². The van der Waals surface area contributed by atoms with Crippen LogP contribution >= 0.6 is 0 Å². The first-order valence-corrected chi connectivity index (χ1v) is 6.31. The Morgan fingerprint density at radius 3 is 2.43 bits per heavy atom. The molecule has 6 heteroatoms. The average molecular weight is 298 g/mol. The maximum Gasteiger partial charge on any atom is 0.425 e. The Kier molecular flexibility index (Phi) is 4.06. The van der Waals surface area contributed by atoms with Gasteiger partial charge in [-0.1, -0.05) is 19.1 Å². The Hall–Kier alpha value is -2.24. The third kappa shape index (κ3) is 3.45. The van der Waals surface area contributed by atoms with Crippen molar-refractivity contribution >= 4 is 16.7 Å². The zero-order valence-electron chi connectivity index (χ0n) is 11.1. The van der Waals surface area contributed by atoms with Crippen LogP contribution in [0.4, 0.5) is 13.2 Å². The first-order valence-electron chi connectivity index (χ1n) is 6.31. The molecule has 3 nitrogen and oxygen atoms in total. The molecule has 0 saturated carbocycles. The minimum atomic E-state index is -4.58. The van der Waals surface area contributed by atoms with E-state index >= 15 is 0 Å². The lowest BCUT2D eigenvalue weighted by Crippen LogP contribution is -2.33. The van der Waals surface area contributed by atoms with Crippen molar-refractivity contribution in [2.24, 2.45) is 0 Å². The Bertz CT molecular complexity index is 665. The van der Waals surface area contributed by atoms with Gasteiger partial charge in [0.2, 0.25) is 0 Å². The van der Waals surface area contributed by atoms with Gasteiger partial charge in [-0.3, -0.25) is 0 Å². The summed E-state index contributed by atoms with van der Waals surface area (Å²) in [6, 6.07) is 8.84. The van der Waals surface area contributed by atoms with Crippen LogP contribution in [0.2, 0.25) is 0 Å². The number of phenols is 1. The SMILES string of the molecule is CCC(OC(=O)c1ccc2cc(O)ccc2c1)C(F)(F)F. The highest BCUT2D eigenvalue weighted by atomic mass is 19.4. The van der Waals surface area contributed by atoms with Crippen LogP contribution in [0.3, 0.4) is 0 Å². The number of alkyl halides is 3. The van der Waals surface area contributed by atoms with Crippen molar-refractivity contribution in [1.82, 2.24) is 0 Å². The number of benzene rings is 2. The van der Waals surface area contributed by atoms with E-state index in [4.69, 9.17) is 0 Å². The summed E-state index contributed by atoms with van der Waals surface area (Å²) < 4.78 is 42.3. The minimum Gasteiger partial charge on any atom is -0.508 e. The number of carbonyl (C=O) groups is 1. The monoisotopic (exact) mass is 298 g/mol. The summed E-state index contributed by atoms with van der Waals surface area (Å²) >= 11 is 0. The van der Waals surface area contributed by atoms with Crippen LogP contribution in [0.15, 0.2) is 36.4 Å². The van der Waals surface area contributed by atoms with E-state index in [2.05, 4.69) is 4.74 Å². The molecule has 2 aromatic carbocycles. The van der Waals surface area contributed by atoms with Crippen LogP contribution < -0.4 is 0 Å². The first kappa shape index (κ1) is 15.2. The van der Waals surface area contributed by atoms with Gasteiger partial charge in [-0.15, -0.1) is 0 Å². The maximum atomic E-state index is 12.6. The fourth-order valence-electron chi connectivity index (χ4n) is 1.94. The molecule has 21 heavy (non-hydrogen) atoms. The second-order valence-electron chi connectivity index (χ2n) is 4.59. The fourth-order valence-corrected chi connectivity index (χ4v) is 1.94. The number of esters is 1. The predicted octanol–water partition coefficient (Wildman–Crippen LogP) is 4.04. The number of fused-ring (bicyclic) bond motifs is 1. The Morgan fingerprint density at radius 2 is 1.81 bits per heavy atom. The van der Waals surface area contributed by atoms with Crippen LogP contribution in [0, 0.1) is 0 Å². The number of aromatic hydroxyl groups is 1.